The Morgan fingerprint density at radius 3 is 2.70 bits per heavy atom. The fourth-order valence-corrected chi connectivity index (χ4v) is 4.51. The van der Waals surface area contributed by atoms with Crippen LogP contribution in [0.25, 0.3) is 0 Å². The number of rotatable bonds is 12. The number of fused-ring (bicyclic) bond motifs is 1. The number of ether oxygens (including phenoxy) is 1. The Morgan fingerprint density at radius 2 is 2.00 bits per heavy atom. The zero-order valence-electron chi connectivity index (χ0n) is 15.9. The van der Waals surface area contributed by atoms with Crippen LogP contribution < -0.4 is 0 Å². The van der Waals surface area contributed by atoms with Crippen molar-refractivity contribution >= 4 is 11.8 Å². The molecule has 1 heterocycles. The largest absolute Gasteiger partial charge is 0.481 e. The molecule has 0 bridgehead atoms. The first-order chi connectivity index (χ1) is 12.8. The van der Waals surface area contributed by atoms with E-state index in [0.29, 0.717) is 19.3 Å². The van der Waals surface area contributed by atoms with E-state index in [-0.39, 0.29) is 55.8 Å². The van der Waals surface area contributed by atoms with Crippen LogP contribution in [0.2, 0.25) is 0 Å². The van der Waals surface area contributed by atoms with Crippen molar-refractivity contribution in [2.75, 3.05) is 6.67 Å². The maximum Gasteiger partial charge on any atom is 0.303 e. The molecular weight excluding hydrogens is 358 g/mol. The van der Waals surface area contributed by atoms with Gasteiger partial charge in [0.1, 0.15) is 12.0 Å². The fourth-order valence-electron chi connectivity index (χ4n) is 4.51. The van der Waals surface area contributed by atoms with Gasteiger partial charge in [-0.2, -0.15) is 0 Å². The van der Waals surface area contributed by atoms with E-state index in [9.17, 15) is 23.5 Å². The molecule has 156 valence electrons. The van der Waals surface area contributed by atoms with Crippen molar-refractivity contribution in [1.29, 1.82) is 0 Å². The minimum Gasteiger partial charge on any atom is -0.481 e. The first kappa shape index (κ1) is 22.2. The van der Waals surface area contributed by atoms with Crippen molar-refractivity contribution in [2.45, 2.75) is 95.1 Å². The number of hydrogen-bond donors (Lipinski definition) is 2. The standard InChI is InChI=1S/C20H32F2O5/c21-11-5-6-14(22)13-20(26)10-9-16-15(17(23)12-18(16)27-20)7-3-1-2-4-8-19(24)25/h14-16,18,26H,1-13H2,(H,24,25)/t14?,15-,16-,18-,20-/m1/s1. The lowest BCUT2D eigenvalue weighted by Gasteiger charge is -2.40. The number of carbonyl (C=O) groups excluding carboxylic acids is 1. The van der Waals surface area contributed by atoms with Crippen molar-refractivity contribution < 1.29 is 33.3 Å². The maximum atomic E-state index is 13.9. The van der Waals surface area contributed by atoms with E-state index in [2.05, 4.69) is 0 Å². The summed E-state index contributed by atoms with van der Waals surface area (Å²) in [5.41, 5.74) is 0. The van der Waals surface area contributed by atoms with Crippen molar-refractivity contribution in [3.05, 3.63) is 0 Å². The zero-order chi connectivity index (χ0) is 19.9. The molecule has 0 aromatic heterocycles. The Kier molecular flexibility index (Phi) is 8.61. The smallest absolute Gasteiger partial charge is 0.303 e. The van der Waals surface area contributed by atoms with Gasteiger partial charge < -0.3 is 14.9 Å². The van der Waals surface area contributed by atoms with Crippen LogP contribution in [0.3, 0.4) is 0 Å². The van der Waals surface area contributed by atoms with Gasteiger partial charge in [-0.25, -0.2) is 4.39 Å². The number of carbonyl (C=O) groups is 2. The van der Waals surface area contributed by atoms with Gasteiger partial charge in [0.05, 0.1) is 12.8 Å². The Balaban J connectivity index is 1.76. The highest BCUT2D eigenvalue weighted by molar-refractivity contribution is 5.84. The van der Waals surface area contributed by atoms with E-state index >= 15 is 0 Å². The number of carboxylic acid groups (broad SMARTS) is 1. The molecule has 0 aromatic carbocycles. The molecule has 2 aliphatic rings. The van der Waals surface area contributed by atoms with Crippen LogP contribution in [0.5, 0.6) is 0 Å². The fraction of sp³-hybridized carbons (Fsp3) is 0.900. The number of unbranched alkanes of at least 4 members (excludes halogenated alkanes) is 3. The second-order valence-electron chi connectivity index (χ2n) is 8.06. The van der Waals surface area contributed by atoms with Gasteiger partial charge >= 0.3 is 5.97 Å². The number of ketones is 1. The van der Waals surface area contributed by atoms with E-state index in [1.54, 1.807) is 0 Å². The molecule has 1 saturated heterocycles. The van der Waals surface area contributed by atoms with Crippen LogP contribution in [0, 0.1) is 11.8 Å². The number of aliphatic hydroxyl groups is 1. The number of hydrogen-bond acceptors (Lipinski definition) is 4. The van der Waals surface area contributed by atoms with Gasteiger partial charge in [0, 0.05) is 31.6 Å². The van der Waals surface area contributed by atoms with E-state index in [4.69, 9.17) is 9.84 Å². The van der Waals surface area contributed by atoms with Crippen molar-refractivity contribution in [3.63, 3.8) is 0 Å². The molecular formula is C20H32F2O5. The lowest BCUT2D eigenvalue weighted by molar-refractivity contribution is -0.273. The quantitative estimate of drug-likeness (QED) is 0.493. The van der Waals surface area contributed by atoms with Gasteiger partial charge in [-0.15, -0.1) is 0 Å². The second kappa shape index (κ2) is 10.5. The highest BCUT2D eigenvalue weighted by atomic mass is 19.1. The van der Waals surface area contributed by atoms with Gasteiger partial charge in [-0.05, 0) is 38.0 Å². The number of Topliss-reactive ketones (excluding diaryl/α,β-unsaturated/α-hetero) is 1. The Bertz CT molecular complexity index is 501. The summed E-state index contributed by atoms with van der Waals surface area (Å²) in [6.45, 7) is -0.573. The molecule has 1 saturated carbocycles. The predicted octanol–water partition coefficient (Wildman–Crippen LogP) is 3.96. The number of carboxylic acids is 1. The highest BCUT2D eigenvalue weighted by Crippen LogP contribution is 2.45. The molecule has 2 fully saturated rings. The van der Waals surface area contributed by atoms with Gasteiger partial charge in [0.25, 0.3) is 0 Å². The summed E-state index contributed by atoms with van der Waals surface area (Å²) in [5, 5.41) is 19.2. The van der Waals surface area contributed by atoms with Crippen LogP contribution in [-0.2, 0) is 14.3 Å². The number of alkyl halides is 2. The molecule has 0 radical (unpaired) electrons. The predicted molar refractivity (Wildman–Crippen MR) is 95.7 cm³/mol. The van der Waals surface area contributed by atoms with Crippen LogP contribution in [-0.4, -0.2) is 46.7 Å². The molecule has 0 aromatic rings. The summed E-state index contributed by atoms with van der Waals surface area (Å²) in [7, 11) is 0. The van der Waals surface area contributed by atoms with Crippen LogP contribution in [0.1, 0.15) is 77.0 Å². The van der Waals surface area contributed by atoms with Gasteiger partial charge in [0.15, 0.2) is 5.79 Å². The molecule has 5 atom stereocenters. The summed E-state index contributed by atoms with van der Waals surface area (Å²) in [6.07, 6.45) is 3.78. The average molecular weight is 390 g/mol. The van der Waals surface area contributed by atoms with Gasteiger partial charge in [-0.3, -0.25) is 14.0 Å². The van der Waals surface area contributed by atoms with Gasteiger partial charge in [-0.1, -0.05) is 19.3 Å². The summed E-state index contributed by atoms with van der Waals surface area (Å²) in [4.78, 5) is 22.9. The van der Waals surface area contributed by atoms with Crippen molar-refractivity contribution in [3.8, 4) is 0 Å². The zero-order valence-corrected chi connectivity index (χ0v) is 15.9. The molecule has 5 nitrogen and oxygen atoms in total. The van der Waals surface area contributed by atoms with Gasteiger partial charge in [0.2, 0.25) is 0 Å². The third-order valence-corrected chi connectivity index (χ3v) is 5.90. The van der Waals surface area contributed by atoms with E-state index in [1.165, 1.54) is 0 Å². The molecule has 7 heteroatoms. The normalized spacial score (nSPS) is 31.7. The molecule has 1 aliphatic carbocycles. The van der Waals surface area contributed by atoms with E-state index < -0.39 is 24.6 Å². The van der Waals surface area contributed by atoms with E-state index in [1.807, 2.05) is 0 Å². The summed E-state index contributed by atoms with van der Waals surface area (Å²) >= 11 is 0. The average Bonchev–Trinajstić information content (AvgIpc) is 2.89. The molecule has 0 amide bonds. The number of aliphatic carboxylic acids is 1. The topological polar surface area (TPSA) is 83.8 Å². The lowest BCUT2D eigenvalue weighted by atomic mass is 9.82. The number of halogens is 2. The first-order valence-electron chi connectivity index (χ1n) is 10.2. The van der Waals surface area contributed by atoms with Crippen LogP contribution >= 0.6 is 0 Å². The molecule has 1 unspecified atom stereocenters. The maximum absolute atomic E-state index is 13.9. The molecule has 0 spiro atoms. The third kappa shape index (κ3) is 6.79. The first-order valence-corrected chi connectivity index (χ1v) is 10.2. The third-order valence-electron chi connectivity index (χ3n) is 5.90. The minimum absolute atomic E-state index is 0.0691. The SMILES string of the molecule is O=C(O)CCCCCC[C@H]1C(=O)C[C@H]2O[C@@](O)(CC(F)CCCF)CC[C@@H]21. The van der Waals surface area contributed by atoms with Crippen LogP contribution in [0.15, 0.2) is 0 Å². The minimum atomic E-state index is -1.55. The lowest BCUT2D eigenvalue weighted by Crippen LogP contribution is -2.45. The molecule has 27 heavy (non-hydrogen) atoms. The summed E-state index contributed by atoms with van der Waals surface area (Å²) in [5.74, 6) is -2.19. The molecule has 2 rings (SSSR count). The summed E-state index contributed by atoms with van der Waals surface area (Å²) in [6, 6.07) is 0. The monoisotopic (exact) mass is 390 g/mol. The highest BCUT2D eigenvalue weighted by Gasteiger charge is 2.50. The van der Waals surface area contributed by atoms with Crippen LogP contribution in [0.4, 0.5) is 8.78 Å². The van der Waals surface area contributed by atoms with E-state index in [0.717, 1.165) is 25.7 Å². The Labute approximate surface area is 159 Å². The van der Waals surface area contributed by atoms with Crippen molar-refractivity contribution in [1.82, 2.24) is 0 Å². The molecule has 1 aliphatic heterocycles. The Morgan fingerprint density at radius 1 is 1.26 bits per heavy atom. The van der Waals surface area contributed by atoms with Crippen molar-refractivity contribution in [2.24, 2.45) is 11.8 Å². The second-order valence-corrected chi connectivity index (χ2v) is 8.06. The summed E-state index contributed by atoms with van der Waals surface area (Å²) < 4.78 is 31.9. The molecule has 2 N–H and O–H groups in total. The Hall–Kier alpha value is -1.08.